The third-order valence-corrected chi connectivity index (χ3v) is 3.61. The number of amides is 1. The normalized spacial score (nSPS) is 12.3. The summed E-state index contributed by atoms with van der Waals surface area (Å²) in [5, 5.41) is 3.44. The van der Waals surface area contributed by atoms with Crippen LogP contribution in [0.2, 0.25) is 0 Å². The van der Waals surface area contributed by atoms with Crippen molar-refractivity contribution in [3.8, 4) is 5.75 Å². The lowest BCUT2D eigenvalue weighted by Gasteiger charge is -2.21. The first-order chi connectivity index (χ1) is 9.95. The molecule has 4 heteroatoms. The minimum Gasteiger partial charge on any atom is -0.484 e. The molecule has 0 aliphatic carbocycles. The molecule has 1 atom stereocenters. The van der Waals surface area contributed by atoms with Crippen molar-refractivity contribution in [1.82, 2.24) is 10.2 Å². The second-order valence-corrected chi connectivity index (χ2v) is 5.63. The Morgan fingerprint density at radius 2 is 1.86 bits per heavy atom. The van der Waals surface area contributed by atoms with Gasteiger partial charge in [-0.25, -0.2) is 0 Å². The number of nitrogens with one attached hydrogen (secondary N) is 1. The highest BCUT2D eigenvalue weighted by Gasteiger charge is 2.12. The maximum absolute atomic E-state index is 11.8. The summed E-state index contributed by atoms with van der Waals surface area (Å²) >= 11 is 0. The molecule has 4 nitrogen and oxygen atoms in total. The van der Waals surface area contributed by atoms with Crippen molar-refractivity contribution in [2.75, 3.05) is 20.2 Å². The van der Waals surface area contributed by atoms with Crippen molar-refractivity contribution in [2.24, 2.45) is 0 Å². The highest BCUT2D eigenvalue weighted by atomic mass is 16.5. The van der Waals surface area contributed by atoms with Crippen molar-refractivity contribution in [1.29, 1.82) is 0 Å². The molecule has 118 valence electrons. The molecule has 0 spiro atoms. The van der Waals surface area contributed by atoms with Gasteiger partial charge < -0.3 is 15.0 Å². The largest absolute Gasteiger partial charge is 0.484 e. The van der Waals surface area contributed by atoms with Gasteiger partial charge in [-0.3, -0.25) is 4.79 Å². The van der Waals surface area contributed by atoms with Gasteiger partial charge in [0.1, 0.15) is 5.75 Å². The zero-order valence-corrected chi connectivity index (χ0v) is 13.8. The molecule has 1 aromatic rings. The zero-order valence-electron chi connectivity index (χ0n) is 13.8. The second kappa shape index (κ2) is 8.67. The van der Waals surface area contributed by atoms with Gasteiger partial charge in [-0.1, -0.05) is 19.1 Å². The van der Waals surface area contributed by atoms with Gasteiger partial charge in [0.25, 0.3) is 5.91 Å². The fraction of sp³-hybridized carbons (Fsp3) is 0.588. The van der Waals surface area contributed by atoms with E-state index < -0.39 is 0 Å². The Balaban J connectivity index is 2.49. The Morgan fingerprint density at radius 3 is 2.38 bits per heavy atom. The van der Waals surface area contributed by atoms with E-state index in [0.29, 0.717) is 6.04 Å². The molecule has 0 aliphatic heterocycles. The van der Waals surface area contributed by atoms with Gasteiger partial charge in [-0.15, -0.1) is 0 Å². The molecule has 1 aromatic carbocycles. The molecule has 1 N–H and O–H groups in total. The van der Waals surface area contributed by atoms with Crippen LogP contribution in [0.5, 0.6) is 5.75 Å². The first-order valence-electron chi connectivity index (χ1n) is 7.67. The van der Waals surface area contributed by atoms with Crippen molar-refractivity contribution in [3.05, 3.63) is 29.8 Å². The van der Waals surface area contributed by atoms with Crippen molar-refractivity contribution in [2.45, 2.75) is 46.2 Å². The van der Waals surface area contributed by atoms with Crippen LogP contribution in [0.25, 0.3) is 0 Å². The number of nitrogens with zero attached hydrogens (tertiary/aromatic N) is 1. The van der Waals surface area contributed by atoms with Crippen LogP contribution in [0.1, 0.15) is 45.7 Å². The van der Waals surface area contributed by atoms with Gasteiger partial charge in [0, 0.05) is 19.1 Å². The van der Waals surface area contributed by atoms with Crippen LogP contribution in [0, 0.1) is 0 Å². The number of likely N-dealkylation sites (N-methyl/N-ethyl adjacent to an activating group) is 1. The van der Waals surface area contributed by atoms with E-state index in [1.165, 1.54) is 5.56 Å². The summed E-state index contributed by atoms with van der Waals surface area (Å²) < 4.78 is 5.54. The highest BCUT2D eigenvalue weighted by molar-refractivity contribution is 5.77. The van der Waals surface area contributed by atoms with Gasteiger partial charge in [-0.2, -0.15) is 0 Å². The van der Waals surface area contributed by atoms with E-state index in [0.717, 1.165) is 18.7 Å². The predicted octanol–water partition coefficient (Wildman–Crippen LogP) is 2.99. The molecule has 0 aliphatic rings. The predicted molar refractivity (Wildman–Crippen MR) is 86.6 cm³/mol. The van der Waals surface area contributed by atoms with E-state index in [2.05, 4.69) is 19.2 Å². The molecule has 0 radical (unpaired) electrons. The first kappa shape index (κ1) is 17.5. The monoisotopic (exact) mass is 292 g/mol. The Hall–Kier alpha value is -1.55. The quantitative estimate of drug-likeness (QED) is 0.801. The second-order valence-electron chi connectivity index (χ2n) is 5.63. The van der Waals surface area contributed by atoms with Gasteiger partial charge in [0.15, 0.2) is 6.61 Å². The van der Waals surface area contributed by atoms with E-state index in [1.54, 1.807) is 11.9 Å². The van der Waals surface area contributed by atoms with E-state index in [4.69, 9.17) is 4.74 Å². The lowest BCUT2D eigenvalue weighted by Crippen LogP contribution is -2.36. The van der Waals surface area contributed by atoms with E-state index >= 15 is 0 Å². The molecule has 0 bridgehead atoms. The summed E-state index contributed by atoms with van der Waals surface area (Å²) in [6.07, 6.45) is 1.12. The molecule has 0 heterocycles. The Kier molecular flexibility index (Phi) is 7.23. The Morgan fingerprint density at radius 1 is 1.24 bits per heavy atom. The summed E-state index contributed by atoms with van der Waals surface area (Å²) in [5.74, 6) is 0.721. The number of carbonyl (C=O) groups is 1. The van der Waals surface area contributed by atoms with Crippen LogP contribution in [0.4, 0.5) is 0 Å². The fourth-order valence-electron chi connectivity index (χ4n) is 1.87. The number of carbonyl (C=O) groups excluding carboxylic acids is 1. The molecule has 1 amide bonds. The standard InChI is InChI=1S/C17H28N2O2/c1-6-11-18-14(4)15-7-9-16(10-8-15)21-12-17(20)19(5)13(2)3/h7-10,13-14,18H,6,11-12H2,1-5H3. The summed E-state index contributed by atoms with van der Waals surface area (Å²) in [7, 11) is 1.79. The van der Waals surface area contributed by atoms with Crippen LogP contribution in [0.15, 0.2) is 24.3 Å². The van der Waals surface area contributed by atoms with Gasteiger partial charge in [0.2, 0.25) is 0 Å². The molecule has 0 fully saturated rings. The number of hydrogen-bond donors (Lipinski definition) is 1. The van der Waals surface area contributed by atoms with Gasteiger partial charge in [-0.05, 0) is 51.4 Å². The lowest BCUT2D eigenvalue weighted by atomic mass is 10.1. The summed E-state index contributed by atoms with van der Waals surface area (Å²) in [4.78, 5) is 13.5. The average Bonchev–Trinajstić information content (AvgIpc) is 2.49. The van der Waals surface area contributed by atoms with Crippen molar-refractivity contribution < 1.29 is 9.53 Å². The number of hydrogen-bond acceptors (Lipinski definition) is 3. The van der Waals surface area contributed by atoms with Gasteiger partial charge >= 0.3 is 0 Å². The highest BCUT2D eigenvalue weighted by Crippen LogP contribution is 2.17. The molecule has 0 aromatic heterocycles. The topological polar surface area (TPSA) is 41.6 Å². The zero-order chi connectivity index (χ0) is 15.8. The molecule has 1 unspecified atom stereocenters. The number of benzene rings is 1. The molecule has 21 heavy (non-hydrogen) atoms. The van der Waals surface area contributed by atoms with Crippen LogP contribution in [-0.4, -0.2) is 37.0 Å². The number of ether oxygens (including phenoxy) is 1. The van der Waals surface area contributed by atoms with E-state index in [-0.39, 0.29) is 18.6 Å². The number of rotatable bonds is 8. The van der Waals surface area contributed by atoms with Crippen molar-refractivity contribution >= 4 is 5.91 Å². The van der Waals surface area contributed by atoms with Crippen LogP contribution in [-0.2, 0) is 4.79 Å². The Bertz CT molecular complexity index is 429. The molecular weight excluding hydrogens is 264 g/mol. The third kappa shape index (κ3) is 5.76. The van der Waals surface area contributed by atoms with Crippen LogP contribution >= 0.6 is 0 Å². The van der Waals surface area contributed by atoms with Crippen LogP contribution in [0.3, 0.4) is 0 Å². The smallest absolute Gasteiger partial charge is 0.260 e. The molecule has 1 rings (SSSR count). The minimum atomic E-state index is -0.00735. The van der Waals surface area contributed by atoms with Crippen LogP contribution < -0.4 is 10.1 Å². The third-order valence-electron chi connectivity index (χ3n) is 3.61. The lowest BCUT2D eigenvalue weighted by molar-refractivity contribution is -0.133. The minimum absolute atomic E-state index is 0.00735. The van der Waals surface area contributed by atoms with Crippen molar-refractivity contribution in [3.63, 3.8) is 0 Å². The fourth-order valence-corrected chi connectivity index (χ4v) is 1.87. The van der Waals surface area contributed by atoms with E-state index in [1.807, 2.05) is 38.1 Å². The maximum atomic E-state index is 11.8. The Labute approximate surface area is 128 Å². The molecular formula is C17H28N2O2. The first-order valence-corrected chi connectivity index (χ1v) is 7.67. The maximum Gasteiger partial charge on any atom is 0.260 e. The van der Waals surface area contributed by atoms with E-state index in [9.17, 15) is 4.79 Å². The molecule has 0 saturated heterocycles. The summed E-state index contributed by atoms with van der Waals surface area (Å²) in [5.41, 5.74) is 1.22. The SMILES string of the molecule is CCCNC(C)c1ccc(OCC(=O)N(C)C(C)C)cc1. The summed E-state index contributed by atoms with van der Waals surface area (Å²) in [6, 6.07) is 8.43. The summed E-state index contributed by atoms with van der Waals surface area (Å²) in [6.45, 7) is 9.36. The van der Waals surface area contributed by atoms with Gasteiger partial charge in [0.05, 0.1) is 0 Å². The average molecular weight is 292 g/mol. The molecule has 0 saturated carbocycles.